The largest absolute Gasteiger partial charge is 0.378 e. The molecular formula is C7H4ClF2N3O3. The van der Waals surface area contributed by atoms with Gasteiger partial charge < -0.3 is 5.73 Å². The molecule has 16 heavy (non-hydrogen) atoms. The number of nitrogens with two attached hydrogens (primary N) is 1. The Morgan fingerprint density at radius 2 is 2.19 bits per heavy atom. The van der Waals surface area contributed by atoms with E-state index >= 15 is 0 Å². The molecule has 0 amide bonds. The molecule has 1 aromatic heterocycles. The van der Waals surface area contributed by atoms with Crippen LogP contribution in [0, 0.1) is 10.1 Å². The standard InChI is InChI=1S/C7H4ClF2N3O3/c8-5(14)3-1-2(6(9)10)4(13(15)16)7(11)12-3/h1,6H,(H2,11,12). The van der Waals surface area contributed by atoms with Crippen LogP contribution >= 0.6 is 11.6 Å². The van der Waals surface area contributed by atoms with E-state index in [1.165, 1.54) is 0 Å². The third kappa shape index (κ3) is 2.22. The van der Waals surface area contributed by atoms with Crippen molar-refractivity contribution in [1.29, 1.82) is 0 Å². The molecule has 0 aliphatic heterocycles. The van der Waals surface area contributed by atoms with Crippen LogP contribution in [0.25, 0.3) is 0 Å². The molecule has 0 saturated heterocycles. The molecule has 1 aromatic rings. The summed E-state index contributed by atoms with van der Waals surface area (Å²) < 4.78 is 24.9. The van der Waals surface area contributed by atoms with Crippen LogP contribution in [-0.4, -0.2) is 15.1 Å². The number of nitrogens with zero attached hydrogens (tertiary/aromatic N) is 2. The number of carbonyl (C=O) groups excluding carboxylic acids is 1. The average molecular weight is 252 g/mol. The quantitative estimate of drug-likeness (QED) is 0.502. The Labute approximate surface area is 92.2 Å². The molecule has 0 aromatic carbocycles. The summed E-state index contributed by atoms with van der Waals surface area (Å²) in [6.07, 6.45) is -3.15. The van der Waals surface area contributed by atoms with Gasteiger partial charge in [-0.25, -0.2) is 13.8 Å². The molecule has 0 aliphatic carbocycles. The molecular weight excluding hydrogens is 248 g/mol. The van der Waals surface area contributed by atoms with Gasteiger partial charge in [-0.15, -0.1) is 0 Å². The molecule has 0 fully saturated rings. The fourth-order valence-corrected chi connectivity index (χ4v) is 1.14. The Bertz CT molecular complexity index is 466. The van der Waals surface area contributed by atoms with Crippen molar-refractivity contribution in [3.8, 4) is 0 Å². The first-order valence-electron chi connectivity index (χ1n) is 3.77. The van der Waals surface area contributed by atoms with Crippen molar-refractivity contribution in [2.45, 2.75) is 6.43 Å². The van der Waals surface area contributed by atoms with E-state index < -0.39 is 39.4 Å². The van der Waals surface area contributed by atoms with Crippen molar-refractivity contribution >= 4 is 28.3 Å². The van der Waals surface area contributed by atoms with Crippen molar-refractivity contribution in [1.82, 2.24) is 4.98 Å². The number of alkyl halides is 2. The molecule has 1 heterocycles. The maximum Gasteiger partial charge on any atom is 0.320 e. The van der Waals surface area contributed by atoms with Crippen LogP contribution in [0.15, 0.2) is 6.07 Å². The summed E-state index contributed by atoms with van der Waals surface area (Å²) in [5.74, 6) is -0.771. The second-order valence-electron chi connectivity index (χ2n) is 2.66. The van der Waals surface area contributed by atoms with Gasteiger partial charge in [-0.1, -0.05) is 0 Å². The van der Waals surface area contributed by atoms with Crippen molar-refractivity contribution in [3.05, 3.63) is 27.4 Å². The zero-order valence-electron chi connectivity index (χ0n) is 7.49. The zero-order valence-corrected chi connectivity index (χ0v) is 8.24. The van der Waals surface area contributed by atoms with Crippen molar-refractivity contribution in [2.24, 2.45) is 0 Å². The van der Waals surface area contributed by atoms with Gasteiger partial charge in [0.05, 0.1) is 4.92 Å². The Kier molecular flexibility index (Phi) is 3.33. The van der Waals surface area contributed by atoms with E-state index in [0.717, 1.165) is 0 Å². The lowest BCUT2D eigenvalue weighted by Gasteiger charge is -2.05. The predicted octanol–water partition coefficient (Wildman–Crippen LogP) is 1.89. The molecule has 9 heteroatoms. The van der Waals surface area contributed by atoms with Gasteiger partial charge in [0.1, 0.15) is 11.3 Å². The maximum absolute atomic E-state index is 12.5. The first kappa shape index (κ1) is 12.2. The van der Waals surface area contributed by atoms with Crippen LogP contribution in [0.4, 0.5) is 20.3 Å². The van der Waals surface area contributed by atoms with Gasteiger partial charge in [-0.2, -0.15) is 0 Å². The number of hydrogen-bond acceptors (Lipinski definition) is 5. The molecule has 1 rings (SSSR count). The van der Waals surface area contributed by atoms with Crippen LogP contribution < -0.4 is 5.73 Å². The highest BCUT2D eigenvalue weighted by molar-refractivity contribution is 6.67. The normalized spacial score (nSPS) is 10.5. The second-order valence-corrected chi connectivity index (χ2v) is 3.01. The highest BCUT2D eigenvalue weighted by atomic mass is 35.5. The van der Waals surface area contributed by atoms with Gasteiger partial charge >= 0.3 is 5.69 Å². The van der Waals surface area contributed by atoms with Gasteiger partial charge in [0, 0.05) is 0 Å². The number of aromatic nitrogens is 1. The number of nitrogen functional groups attached to an aromatic ring is 1. The molecule has 6 nitrogen and oxygen atoms in total. The Balaban J connectivity index is 3.51. The number of rotatable bonds is 3. The van der Waals surface area contributed by atoms with Gasteiger partial charge in [-0.05, 0) is 17.7 Å². The van der Waals surface area contributed by atoms with E-state index in [0.29, 0.717) is 6.07 Å². The number of hydrogen-bond donors (Lipinski definition) is 1. The first-order chi connectivity index (χ1) is 7.34. The molecule has 0 bridgehead atoms. The van der Waals surface area contributed by atoms with Gasteiger partial charge in [0.25, 0.3) is 11.7 Å². The first-order valence-corrected chi connectivity index (χ1v) is 4.15. The minimum absolute atomic E-state index is 0.550. The number of halogens is 3. The lowest BCUT2D eigenvalue weighted by molar-refractivity contribution is -0.385. The molecule has 2 N–H and O–H groups in total. The minimum atomic E-state index is -3.15. The number of nitro groups is 1. The van der Waals surface area contributed by atoms with Crippen LogP contribution in [0.5, 0.6) is 0 Å². The summed E-state index contributed by atoms with van der Waals surface area (Å²) in [5.41, 5.74) is 2.54. The number of anilines is 1. The summed E-state index contributed by atoms with van der Waals surface area (Å²) in [5, 5.41) is 9.34. The Morgan fingerprint density at radius 1 is 1.62 bits per heavy atom. The molecule has 86 valence electrons. The zero-order chi connectivity index (χ0) is 12.5. The Morgan fingerprint density at radius 3 is 2.56 bits per heavy atom. The molecule has 0 aliphatic rings. The molecule has 0 saturated carbocycles. The molecule has 0 radical (unpaired) electrons. The smallest absolute Gasteiger partial charge is 0.320 e. The van der Waals surface area contributed by atoms with E-state index in [9.17, 15) is 23.7 Å². The fraction of sp³-hybridized carbons (Fsp3) is 0.143. The van der Waals surface area contributed by atoms with Crippen molar-refractivity contribution in [2.75, 3.05) is 5.73 Å². The SMILES string of the molecule is Nc1nc(C(=O)Cl)cc(C(F)F)c1[N+](=O)[O-]. The average Bonchev–Trinajstić information content (AvgIpc) is 2.15. The molecule has 0 spiro atoms. The van der Waals surface area contributed by atoms with Crippen LogP contribution in [0.3, 0.4) is 0 Å². The summed E-state index contributed by atoms with van der Waals surface area (Å²) in [6, 6.07) is 0.550. The van der Waals surface area contributed by atoms with Gasteiger partial charge in [0.15, 0.2) is 0 Å². The van der Waals surface area contributed by atoms with Crippen molar-refractivity contribution in [3.63, 3.8) is 0 Å². The van der Waals surface area contributed by atoms with Crippen molar-refractivity contribution < 1.29 is 18.5 Å². The van der Waals surface area contributed by atoms with E-state index in [1.54, 1.807) is 0 Å². The van der Waals surface area contributed by atoms with Crippen LogP contribution in [0.1, 0.15) is 22.5 Å². The van der Waals surface area contributed by atoms with Gasteiger partial charge in [0.2, 0.25) is 5.82 Å². The molecule has 0 unspecified atom stereocenters. The number of pyridine rings is 1. The lowest BCUT2D eigenvalue weighted by Crippen LogP contribution is -2.07. The highest BCUT2D eigenvalue weighted by Gasteiger charge is 2.28. The second kappa shape index (κ2) is 4.35. The topological polar surface area (TPSA) is 99.1 Å². The van der Waals surface area contributed by atoms with Crippen LogP contribution in [0.2, 0.25) is 0 Å². The summed E-state index contributed by atoms with van der Waals surface area (Å²) in [6.45, 7) is 0. The predicted molar refractivity (Wildman–Crippen MR) is 50.4 cm³/mol. The lowest BCUT2D eigenvalue weighted by atomic mass is 10.2. The summed E-state index contributed by atoms with van der Waals surface area (Å²) >= 11 is 5.01. The Hall–Kier alpha value is -1.83. The van der Waals surface area contributed by atoms with Crippen LogP contribution in [-0.2, 0) is 0 Å². The van der Waals surface area contributed by atoms with E-state index in [1.807, 2.05) is 0 Å². The highest BCUT2D eigenvalue weighted by Crippen LogP contribution is 2.33. The van der Waals surface area contributed by atoms with Gasteiger partial charge in [-0.3, -0.25) is 14.9 Å². The van der Waals surface area contributed by atoms with E-state index in [4.69, 9.17) is 17.3 Å². The third-order valence-corrected chi connectivity index (χ3v) is 1.86. The summed E-state index contributed by atoms with van der Waals surface area (Å²) in [4.78, 5) is 23.3. The minimum Gasteiger partial charge on any atom is -0.378 e. The molecule has 0 atom stereocenters. The van der Waals surface area contributed by atoms with E-state index in [-0.39, 0.29) is 0 Å². The maximum atomic E-state index is 12.5. The van der Waals surface area contributed by atoms with E-state index in [2.05, 4.69) is 4.98 Å². The monoisotopic (exact) mass is 251 g/mol. The third-order valence-electron chi connectivity index (χ3n) is 1.67. The number of carbonyl (C=O) groups is 1. The summed E-state index contributed by atoms with van der Waals surface area (Å²) in [7, 11) is 0. The fourth-order valence-electron chi connectivity index (χ4n) is 1.04.